The molecule has 0 aliphatic carbocycles. The zero-order valence-corrected chi connectivity index (χ0v) is 15.9. The van der Waals surface area contributed by atoms with E-state index in [4.69, 9.17) is 9.47 Å². The third kappa shape index (κ3) is 6.04. The van der Waals surface area contributed by atoms with Crippen LogP contribution in [0.3, 0.4) is 0 Å². The molecule has 146 valence electrons. The summed E-state index contributed by atoms with van der Waals surface area (Å²) in [6.07, 6.45) is 1.41. The zero-order chi connectivity index (χ0) is 20.5. The van der Waals surface area contributed by atoms with E-state index in [0.29, 0.717) is 17.1 Å². The first kappa shape index (κ1) is 19.8. The van der Waals surface area contributed by atoms with E-state index in [9.17, 15) is 9.59 Å². The third-order valence-electron chi connectivity index (χ3n) is 3.90. The number of hydrazone groups is 1. The molecule has 6 heteroatoms. The molecule has 0 aliphatic heterocycles. The average molecular weight is 388 g/mol. The van der Waals surface area contributed by atoms with Crippen molar-refractivity contribution in [3.63, 3.8) is 0 Å². The van der Waals surface area contributed by atoms with E-state index in [0.717, 1.165) is 11.1 Å². The fourth-order valence-electron chi connectivity index (χ4n) is 2.56. The van der Waals surface area contributed by atoms with Gasteiger partial charge in [0.25, 0.3) is 5.91 Å². The zero-order valence-electron chi connectivity index (χ0n) is 15.9. The summed E-state index contributed by atoms with van der Waals surface area (Å²) in [4.78, 5) is 23.0. The van der Waals surface area contributed by atoms with Crippen LogP contribution in [0, 0.1) is 0 Å². The Kier molecular flexibility index (Phi) is 6.73. The summed E-state index contributed by atoms with van der Waals surface area (Å²) in [5.74, 6) is 0.122. The normalized spacial score (nSPS) is 10.5. The van der Waals surface area contributed by atoms with Gasteiger partial charge in [-0.25, -0.2) is 5.43 Å². The molecule has 0 saturated heterocycles. The minimum absolute atomic E-state index is 0.173. The molecule has 0 saturated carbocycles. The number of ether oxygens (including phenoxy) is 2. The van der Waals surface area contributed by atoms with Gasteiger partial charge in [-0.3, -0.25) is 9.59 Å². The van der Waals surface area contributed by atoms with Crippen LogP contribution in [0.2, 0.25) is 0 Å². The second-order valence-corrected chi connectivity index (χ2v) is 6.10. The molecule has 3 aromatic rings. The van der Waals surface area contributed by atoms with E-state index in [1.165, 1.54) is 13.1 Å². The van der Waals surface area contributed by atoms with E-state index in [2.05, 4.69) is 10.5 Å². The summed E-state index contributed by atoms with van der Waals surface area (Å²) in [6.45, 7) is 1.15. The number of nitrogens with one attached hydrogen (secondary N) is 1. The number of amides is 1. The second kappa shape index (κ2) is 9.85. The van der Waals surface area contributed by atoms with Crippen molar-refractivity contribution < 1.29 is 19.1 Å². The summed E-state index contributed by atoms with van der Waals surface area (Å²) in [5.41, 5.74) is 5.13. The van der Waals surface area contributed by atoms with Crippen molar-refractivity contribution in [2.24, 2.45) is 5.10 Å². The number of benzene rings is 3. The average Bonchev–Trinajstić information content (AvgIpc) is 2.74. The van der Waals surface area contributed by atoms with Crippen molar-refractivity contribution in [2.75, 3.05) is 6.61 Å². The number of para-hydroxylation sites is 1. The molecule has 1 amide bonds. The van der Waals surface area contributed by atoms with Crippen LogP contribution in [-0.2, 0) is 9.59 Å². The fraction of sp³-hybridized carbons (Fsp3) is 0.0870. The van der Waals surface area contributed by atoms with Gasteiger partial charge in [-0.05, 0) is 35.4 Å². The largest absolute Gasteiger partial charge is 0.484 e. The first-order valence-electron chi connectivity index (χ1n) is 8.99. The molecule has 3 rings (SSSR count). The Labute approximate surface area is 168 Å². The lowest BCUT2D eigenvalue weighted by Gasteiger charge is -2.07. The first-order chi connectivity index (χ1) is 14.1. The summed E-state index contributed by atoms with van der Waals surface area (Å²) >= 11 is 0. The first-order valence-corrected chi connectivity index (χ1v) is 8.99. The van der Waals surface area contributed by atoms with Gasteiger partial charge >= 0.3 is 5.97 Å². The molecule has 3 aromatic carbocycles. The monoisotopic (exact) mass is 388 g/mol. The van der Waals surface area contributed by atoms with Gasteiger partial charge in [0.05, 0.1) is 6.21 Å². The van der Waals surface area contributed by atoms with Crippen LogP contribution in [0.15, 0.2) is 84.0 Å². The predicted molar refractivity (Wildman–Crippen MR) is 111 cm³/mol. The van der Waals surface area contributed by atoms with Gasteiger partial charge in [0.15, 0.2) is 6.61 Å². The van der Waals surface area contributed by atoms with Gasteiger partial charge in [-0.1, -0.05) is 54.6 Å². The van der Waals surface area contributed by atoms with Crippen LogP contribution < -0.4 is 14.9 Å². The maximum Gasteiger partial charge on any atom is 0.308 e. The smallest absolute Gasteiger partial charge is 0.308 e. The van der Waals surface area contributed by atoms with Gasteiger partial charge in [0.1, 0.15) is 11.5 Å². The maximum absolute atomic E-state index is 11.9. The number of esters is 1. The third-order valence-corrected chi connectivity index (χ3v) is 3.90. The molecule has 0 spiro atoms. The molecule has 1 N–H and O–H groups in total. The summed E-state index contributed by atoms with van der Waals surface area (Å²) in [6, 6.07) is 24.4. The Balaban J connectivity index is 1.50. The highest BCUT2D eigenvalue weighted by molar-refractivity contribution is 5.86. The van der Waals surface area contributed by atoms with Crippen molar-refractivity contribution in [2.45, 2.75) is 6.92 Å². The Bertz CT molecular complexity index is 999. The van der Waals surface area contributed by atoms with Crippen molar-refractivity contribution in [3.05, 3.63) is 84.4 Å². The predicted octanol–water partition coefficient (Wildman–Crippen LogP) is 3.81. The molecule has 0 heterocycles. The van der Waals surface area contributed by atoms with E-state index >= 15 is 0 Å². The fourth-order valence-corrected chi connectivity index (χ4v) is 2.56. The number of nitrogens with zero attached hydrogens (tertiary/aromatic N) is 1. The van der Waals surface area contributed by atoms with Crippen molar-refractivity contribution in [1.29, 1.82) is 0 Å². The van der Waals surface area contributed by atoms with Crippen molar-refractivity contribution in [3.8, 4) is 22.6 Å². The number of hydrogen-bond donors (Lipinski definition) is 1. The molecule has 0 radical (unpaired) electrons. The highest BCUT2D eigenvalue weighted by atomic mass is 16.5. The van der Waals surface area contributed by atoms with Gasteiger partial charge in [-0.15, -0.1) is 0 Å². The highest BCUT2D eigenvalue weighted by Gasteiger charge is 2.05. The molecule has 0 unspecified atom stereocenters. The molecular formula is C23H20N2O4. The number of carbonyl (C=O) groups is 2. The van der Waals surface area contributed by atoms with Crippen LogP contribution in [-0.4, -0.2) is 24.7 Å². The van der Waals surface area contributed by atoms with Crippen LogP contribution in [0.25, 0.3) is 11.1 Å². The summed E-state index contributed by atoms with van der Waals surface area (Å²) in [5, 5.41) is 3.88. The maximum atomic E-state index is 11.9. The Morgan fingerprint density at radius 1 is 0.897 bits per heavy atom. The van der Waals surface area contributed by atoms with Crippen LogP contribution in [0.1, 0.15) is 12.5 Å². The topological polar surface area (TPSA) is 77.0 Å². The molecule has 0 atom stereocenters. The summed E-state index contributed by atoms with van der Waals surface area (Å²) in [7, 11) is 0. The minimum atomic E-state index is -0.429. The lowest BCUT2D eigenvalue weighted by molar-refractivity contribution is -0.132. The SMILES string of the molecule is CC(=O)Oc1ccccc1/C=N\NC(=O)COc1ccc(-c2ccccc2)cc1. The molecule has 0 fully saturated rings. The van der Waals surface area contributed by atoms with E-state index in [1.807, 2.05) is 54.6 Å². The molecule has 0 bridgehead atoms. The van der Waals surface area contributed by atoms with Crippen LogP contribution >= 0.6 is 0 Å². The van der Waals surface area contributed by atoms with E-state index < -0.39 is 11.9 Å². The van der Waals surface area contributed by atoms with Gasteiger partial charge < -0.3 is 9.47 Å². The van der Waals surface area contributed by atoms with Crippen LogP contribution in [0.4, 0.5) is 0 Å². The number of carbonyl (C=O) groups excluding carboxylic acids is 2. The number of hydrogen-bond acceptors (Lipinski definition) is 5. The standard InChI is InChI=1S/C23H20N2O4/c1-17(26)29-22-10-6-5-9-20(22)15-24-25-23(27)16-28-21-13-11-19(12-14-21)18-7-3-2-4-8-18/h2-15H,16H2,1H3,(H,25,27)/b24-15-. The molecule has 29 heavy (non-hydrogen) atoms. The van der Waals surface area contributed by atoms with Gasteiger partial charge in [0.2, 0.25) is 0 Å². The van der Waals surface area contributed by atoms with E-state index in [1.54, 1.807) is 24.3 Å². The molecule has 0 aliphatic rings. The van der Waals surface area contributed by atoms with Crippen molar-refractivity contribution in [1.82, 2.24) is 5.43 Å². The summed E-state index contributed by atoms with van der Waals surface area (Å²) < 4.78 is 10.6. The van der Waals surface area contributed by atoms with Crippen LogP contribution in [0.5, 0.6) is 11.5 Å². The Morgan fingerprint density at radius 3 is 2.28 bits per heavy atom. The second-order valence-electron chi connectivity index (χ2n) is 6.10. The Hall–Kier alpha value is -3.93. The number of rotatable bonds is 7. The van der Waals surface area contributed by atoms with Gasteiger partial charge in [0, 0.05) is 12.5 Å². The van der Waals surface area contributed by atoms with Gasteiger partial charge in [-0.2, -0.15) is 5.10 Å². The van der Waals surface area contributed by atoms with Crippen molar-refractivity contribution >= 4 is 18.1 Å². The molecule has 6 nitrogen and oxygen atoms in total. The lowest BCUT2D eigenvalue weighted by Crippen LogP contribution is -2.24. The minimum Gasteiger partial charge on any atom is -0.484 e. The Morgan fingerprint density at radius 2 is 1.55 bits per heavy atom. The lowest BCUT2D eigenvalue weighted by atomic mass is 10.1. The van der Waals surface area contributed by atoms with E-state index in [-0.39, 0.29) is 6.61 Å². The highest BCUT2D eigenvalue weighted by Crippen LogP contribution is 2.22. The molecular weight excluding hydrogens is 368 g/mol. The molecule has 0 aromatic heterocycles. The quantitative estimate of drug-likeness (QED) is 0.289.